The Morgan fingerprint density at radius 3 is 2.81 bits per heavy atom. The van der Waals surface area contributed by atoms with Gasteiger partial charge < -0.3 is 20.5 Å². The highest BCUT2D eigenvalue weighted by atomic mass is 127. The van der Waals surface area contributed by atoms with Crippen LogP contribution in [0.5, 0.6) is 0 Å². The lowest BCUT2D eigenvalue weighted by Gasteiger charge is -2.25. The van der Waals surface area contributed by atoms with E-state index in [9.17, 15) is 5.11 Å². The first-order valence-electron chi connectivity index (χ1n) is 9.36. The van der Waals surface area contributed by atoms with E-state index in [0.29, 0.717) is 19.1 Å². The smallest absolute Gasteiger partial charge is 0.191 e. The highest BCUT2D eigenvalue weighted by Gasteiger charge is 2.34. The minimum atomic E-state index is -0.0146. The highest BCUT2D eigenvalue weighted by Crippen LogP contribution is 2.32. The van der Waals surface area contributed by atoms with Crippen LogP contribution in [0.2, 0.25) is 0 Å². The molecule has 5 nitrogen and oxygen atoms in total. The van der Waals surface area contributed by atoms with Crippen LogP contribution in [0.4, 0.5) is 0 Å². The summed E-state index contributed by atoms with van der Waals surface area (Å²) in [7, 11) is 0. The molecule has 0 spiro atoms. The maximum absolute atomic E-state index is 9.35. The summed E-state index contributed by atoms with van der Waals surface area (Å²) < 4.78 is 5.55. The average molecular weight is 475 g/mol. The van der Waals surface area contributed by atoms with Crippen LogP contribution >= 0.6 is 24.0 Å². The van der Waals surface area contributed by atoms with Crippen molar-refractivity contribution in [3.63, 3.8) is 0 Å². The number of nitrogens with one attached hydrogen (secondary N) is 2. The highest BCUT2D eigenvalue weighted by molar-refractivity contribution is 14.0. The van der Waals surface area contributed by atoms with E-state index in [4.69, 9.17) is 9.73 Å². The molecule has 2 atom stereocenters. The quantitative estimate of drug-likeness (QED) is 0.307. The van der Waals surface area contributed by atoms with Crippen molar-refractivity contribution in [1.82, 2.24) is 10.6 Å². The number of ether oxygens (including phenoxy) is 1. The van der Waals surface area contributed by atoms with Crippen LogP contribution in [-0.2, 0) is 4.74 Å². The number of halogens is 1. The third-order valence-corrected chi connectivity index (χ3v) is 4.93. The van der Waals surface area contributed by atoms with E-state index in [1.165, 1.54) is 11.1 Å². The molecule has 0 aliphatic carbocycles. The fourth-order valence-corrected chi connectivity index (χ4v) is 3.22. The van der Waals surface area contributed by atoms with Crippen LogP contribution in [0.3, 0.4) is 0 Å². The van der Waals surface area contributed by atoms with Crippen LogP contribution in [0.1, 0.15) is 43.7 Å². The number of aryl methyl sites for hydroxylation is 1. The monoisotopic (exact) mass is 475 g/mol. The molecule has 3 N–H and O–H groups in total. The maximum Gasteiger partial charge on any atom is 0.191 e. The average Bonchev–Trinajstić information content (AvgIpc) is 3.06. The molecule has 0 amide bonds. The SMILES string of the molecule is CCNC(=NCC1(CCO)CCOC1)NCC(C)c1cccc(C)c1.I. The fourth-order valence-electron chi connectivity index (χ4n) is 3.22. The Balaban J connectivity index is 0.00000338. The number of aliphatic hydroxyl groups is 1. The Bertz CT molecular complexity index is 560. The number of nitrogens with zero attached hydrogens (tertiary/aromatic N) is 1. The molecular weight excluding hydrogens is 441 g/mol. The summed E-state index contributed by atoms with van der Waals surface area (Å²) in [6, 6.07) is 8.65. The summed E-state index contributed by atoms with van der Waals surface area (Å²) in [4.78, 5) is 4.77. The summed E-state index contributed by atoms with van der Waals surface area (Å²) >= 11 is 0. The summed E-state index contributed by atoms with van der Waals surface area (Å²) in [5.74, 6) is 1.25. The van der Waals surface area contributed by atoms with E-state index < -0.39 is 0 Å². The van der Waals surface area contributed by atoms with Gasteiger partial charge >= 0.3 is 0 Å². The molecule has 1 fully saturated rings. The summed E-state index contributed by atoms with van der Waals surface area (Å²) in [6.07, 6.45) is 1.71. The van der Waals surface area contributed by atoms with E-state index in [1.54, 1.807) is 0 Å². The Hall–Kier alpha value is -0.860. The van der Waals surface area contributed by atoms with Crippen molar-refractivity contribution in [2.24, 2.45) is 10.4 Å². The molecule has 2 rings (SSSR count). The molecule has 1 aliphatic heterocycles. The first-order chi connectivity index (χ1) is 12.1. The lowest BCUT2D eigenvalue weighted by molar-refractivity contribution is 0.131. The molecule has 0 aromatic heterocycles. The van der Waals surface area contributed by atoms with Crippen molar-refractivity contribution >= 4 is 29.9 Å². The molecule has 2 unspecified atom stereocenters. The largest absolute Gasteiger partial charge is 0.396 e. The van der Waals surface area contributed by atoms with Crippen molar-refractivity contribution < 1.29 is 9.84 Å². The molecule has 148 valence electrons. The second-order valence-corrected chi connectivity index (χ2v) is 7.17. The van der Waals surface area contributed by atoms with Gasteiger partial charge in [0, 0.05) is 31.7 Å². The Labute approximate surface area is 175 Å². The molecule has 0 saturated carbocycles. The van der Waals surface area contributed by atoms with Gasteiger partial charge in [0.1, 0.15) is 0 Å². The van der Waals surface area contributed by atoms with Gasteiger partial charge in [-0.2, -0.15) is 0 Å². The van der Waals surface area contributed by atoms with Gasteiger partial charge in [-0.25, -0.2) is 0 Å². The number of guanidine groups is 1. The van der Waals surface area contributed by atoms with Gasteiger partial charge in [0.2, 0.25) is 0 Å². The summed E-state index contributed by atoms with van der Waals surface area (Å²) in [6.45, 7) is 10.4. The Kier molecular flexibility index (Phi) is 10.5. The molecule has 1 heterocycles. The van der Waals surface area contributed by atoms with Crippen LogP contribution in [0, 0.1) is 12.3 Å². The van der Waals surface area contributed by atoms with Crippen LogP contribution in [-0.4, -0.2) is 50.5 Å². The van der Waals surface area contributed by atoms with Crippen molar-refractivity contribution in [2.45, 2.75) is 39.5 Å². The van der Waals surface area contributed by atoms with Crippen LogP contribution in [0.25, 0.3) is 0 Å². The zero-order chi connectivity index (χ0) is 18.1. The van der Waals surface area contributed by atoms with Gasteiger partial charge in [-0.05, 0) is 38.2 Å². The molecule has 0 bridgehead atoms. The Morgan fingerprint density at radius 2 is 2.19 bits per heavy atom. The maximum atomic E-state index is 9.35. The number of hydrogen-bond acceptors (Lipinski definition) is 3. The third kappa shape index (κ3) is 7.04. The molecule has 1 aromatic rings. The summed E-state index contributed by atoms with van der Waals surface area (Å²) in [5, 5.41) is 16.1. The van der Waals surface area contributed by atoms with E-state index in [1.807, 2.05) is 0 Å². The molecular formula is C20H34IN3O2. The van der Waals surface area contributed by atoms with Crippen LogP contribution in [0.15, 0.2) is 29.3 Å². The Morgan fingerprint density at radius 1 is 1.38 bits per heavy atom. The minimum absolute atomic E-state index is 0. The fraction of sp³-hybridized carbons (Fsp3) is 0.650. The molecule has 1 aliphatic rings. The number of hydrogen-bond donors (Lipinski definition) is 3. The number of aliphatic imine (C=N–C) groups is 1. The van der Waals surface area contributed by atoms with E-state index in [-0.39, 0.29) is 36.0 Å². The summed E-state index contributed by atoms with van der Waals surface area (Å²) in [5.41, 5.74) is 2.61. The topological polar surface area (TPSA) is 65.9 Å². The van der Waals surface area contributed by atoms with Crippen molar-refractivity contribution in [1.29, 1.82) is 0 Å². The molecule has 1 aromatic carbocycles. The first kappa shape index (κ1) is 23.2. The molecule has 6 heteroatoms. The lowest BCUT2D eigenvalue weighted by atomic mass is 9.84. The molecule has 26 heavy (non-hydrogen) atoms. The van der Waals surface area contributed by atoms with E-state index in [0.717, 1.165) is 38.5 Å². The number of aliphatic hydroxyl groups excluding tert-OH is 1. The van der Waals surface area contributed by atoms with Gasteiger partial charge in [-0.1, -0.05) is 36.8 Å². The molecule has 0 radical (unpaired) electrons. The second kappa shape index (κ2) is 11.8. The third-order valence-electron chi connectivity index (χ3n) is 4.93. The lowest BCUT2D eigenvalue weighted by Crippen LogP contribution is -2.40. The predicted molar refractivity (Wildman–Crippen MR) is 119 cm³/mol. The number of benzene rings is 1. The normalized spacial score (nSPS) is 21.2. The van der Waals surface area contributed by atoms with Gasteiger partial charge in [-0.3, -0.25) is 4.99 Å². The van der Waals surface area contributed by atoms with E-state index in [2.05, 4.69) is 55.7 Å². The van der Waals surface area contributed by atoms with E-state index >= 15 is 0 Å². The zero-order valence-electron chi connectivity index (χ0n) is 16.3. The van der Waals surface area contributed by atoms with Crippen molar-refractivity contribution in [3.05, 3.63) is 35.4 Å². The van der Waals surface area contributed by atoms with Gasteiger partial charge in [0.05, 0.1) is 13.2 Å². The number of rotatable bonds is 8. The first-order valence-corrected chi connectivity index (χ1v) is 9.36. The van der Waals surface area contributed by atoms with Crippen molar-refractivity contribution in [2.75, 3.05) is 39.5 Å². The second-order valence-electron chi connectivity index (χ2n) is 7.17. The van der Waals surface area contributed by atoms with Crippen molar-refractivity contribution in [3.8, 4) is 0 Å². The van der Waals surface area contributed by atoms with Gasteiger partial charge in [0.25, 0.3) is 0 Å². The van der Waals surface area contributed by atoms with Gasteiger partial charge in [-0.15, -0.1) is 24.0 Å². The zero-order valence-corrected chi connectivity index (χ0v) is 18.6. The predicted octanol–water partition coefficient (Wildman–Crippen LogP) is 3.06. The minimum Gasteiger partial charge on any atom is -0.396 e. The molecule has 1 saturated heterocycles. The standard InChI is InChI=1S/C20H33N3O2.HI/c1-4-21-19(23-14-20(8-10-24)9-11-25-15-20)22-13-17(3)18-7-5-6-16(2)12-18;/h5-7,12,17,24H,4,8-11,13-15H2,1-3H3,(H2,21,22,23);1H. The van der Waals surface area contributed by atoms with Crippen LogP contribution < -0.4 is 10.6 Å². The van der Waals surface area contributed by atoms with Gasteiger partial charge in [0.15, 0.2) is 5.96 Å².